The Morgan fingerprint density at radius 1 is 1.10 bits per heavy atom. The molecule has 9 nitrogen and oxygen atoms in total. The molecule has 3 aromatic rings. The summed E-state index contributed by atoms with van der Waals surface area (Å²) in [6.07, 6.45) is 1.34. The van der Waals surface area contributed by atoms with Crippen molar-refractivity contribution in [3.63, 3.8) is 0 Å². The molecule has 0 bridgehead atoms. The summed E-state index contributed by atoms with van der Waals surface area (Å²) in [6.45, 7) is 1.31. The highest BCUT2D eigenvalue weighted by molar-refractivity contribution is 6.04. The number of amides is 1. The van der Waals surface area contributed by atoms with Gasteiger partial charge in [-0.15, -0.1) is 0 Å². The van der Waals surface area contributed by atoms with Crippen molar-refractivity contribution in [2.45, 2.75) is 13.5 Å². The van der Waals surface area contributed by atoms with E-state index in [1.807, 2.05) is 0 Å². The fraction of sp³-hybridized carbons (Fsp3) is 0.0952. The third-order valence-corrected chi connectivity index (χ3v) is 4.18. The van der Waals surface area contributed by atoms with Gasteiger partial charge in [0, 0.05) is 29.6 Å². The summed E-state index contributed by atoms with van der Waals surface area (Å²) in [7, 11) is 0. The van der Waals surface area contributed by atoms with Gasteiger partial charge in [-0.1, -0.05) is 24.3 Å². The van der Waals surface area contributed by atoms with Crippen LogP contribution in [0.2, 0.25) is 0 Å². The van der Waals surface area contributed by atoms with Crippen molar-refractivity contribution < 1.29 is 19.3 Å². The fourth-order valence-electron chi connectivity index (χ4n) is 2.67. The molecule has 3 rings (SSSR count). The lowest BCUT2D eigenvalue weighted by atomic mass is 10.1. The Morgan fingerprint density at radius 3 is 2.60 bits per heavy atom. The van der Waals surface area contributed by atoms with Gasteiger partial charge in [-0.2, -0.15) is 4.73 Å². The van der Waals surface area contributed by atoms with Gasteiger partial charge in [0.15, 0.2) is 5.78 Å². The first-order chi connectivity index (χ1) is 14.3. The monoisotopic (exact) mass is 407 g/mol. The Kier molecular flexibility index (Phi) is 6.02. The van der Waals surface area contributed by atoms with Crippen molar-refractivity contribution in [3.8, 4) is 0 Å². The molecular formula is C21H17N3O6. The molecule has 1 N–H and O–H groups in total. The average molecular weight is 407 g/mol. The Hall–Kier alpha value is -4.27. The molecule has 0 fully saturated rings. The number of pyridine rings is 1. The van der Waals surface area contributed by atoms with Crippen LogP contribution in [0.15, 0.2) is 71.7 Å². The lowest BCUT2D eigenvalue weighted by Crippen LogP contribution is -2.32. The van der Waals surface area contributed by atoms with Gasteiger partial charge in [0.2, 0.25) is 0 Å². The molecule has 0 aliphatic heterocycles. The summed E-state index contributed by atoms with van der Waals surface area (Å²) >= 11 is 0. The second-order valence-electron chi connectivity index (χ2n) is 6.34. The summed E-state index contributed by atoms with van der Waals surface area (Å²) in [6, 6.07) is 15.0. The lowest BCUT2D eigenvalue weighted by Gasteiger charge is -2.10. The number of non-ortho nitro benzene ring substituents is 1. The number of hydrogen-bond donors (Lipinski definition) is 1. The molecule has 2 aromatic carbocycles. The Bertz CT molecular complexity index is 1190. The van der Waals surface area contributed by atoms with Gasteiger partial charge in [0.05, 0.1) is 4.92 Å². The lowest BCUT2D eigenvalue weighted by molar-refractivity contribution is -0.384. The SMILES string of the molecule is CC(=O)c1cccc(NC(=O)c2cccn(OCc3cccc([N+](=O)[O-])c3)c2=O)c1. The number of benzene rings is 2. The molecule has 0 spiro atoms. The molecule has 0 aliphatic carbocycles. The quantitative estimate of drug-likeness (QED) is 0.365. The molecule has 0 aliphatic rings. The number of nitrogens with zero attached hydrogens (tertiary/aromatic N) is 2. The van der Waals surface area contributed by atoms with Crippen molar-refractivity contribution >= 4 is 23.1 Å². The third kappa shape index (κ3) is 4.76. The van der Waals surface area contributed by atoms with Gasteiger partial charge >= 0.3 is 0 Å². The van der Waals surface area contributed by atoms with Crippen LogP contribution >= 0.6 is 0 Å². The molecule has 1 aromatic heterocycles. The number of carbonyl (C=O) groups excluding carboxylic acids is 2. The van der Waals surface area contributed by atoms with E-state index in [1.54, 1.807) is 24.3 Å². The van der Waals surface area contributed by atoms with E-state index in [2.05, 4.69) is 5.32 Å². The second-order valence-corrected chi connectivity index (χ2v) is 6.34. The van der Waals surface area contributed by atoms with Gasteiger partial charge in [0.25, 0.3) is 17.2 Å². The van der Waals surface area contributed by atoms with E-state index in [4.69, 9.17) is 4.84 Å². The van der Waals surface area contributed by atoms with E-state index in [-0.39, 0.29) is 23.6 Å². The highest BCUT2D eigenvalue weighted by Gasteiger charge is 2.14. The number of nitro benzene ring substituents is 1. The molecule has 9 heteroatoms. The number of anilines is 1. The van der Waals surface area contributed by atoms with Crippen LogP contribution in [0.25, 0.3) is 0 Å². The van der Waals surface area contributed by atoms with Crippen LogP contribution in [-0.4, -0.2) is 21.3 Å². The van der Waals surface area contributed by atoms with Crippen molar-refractivity contribution in [2.75, 3.05) is 5.32 Å². The topological polar surface area (TPSA) is 121 Å². The molecular weight excluding hydrogens is 390 g/mol. The molecule has 0 radical (unpaired) electrons. The molecule has 0 unspecified atom stereocenters. The van der Waals surface area contributed by atoms with Gasteiger partial charge in [-0.05, 0) is 36.8 Å². The minimum atomic E-state index is -0.692. The first kappa shape index (κ1) is 20.5. The van der Waals surface area contributed by atoms with E-state index < -0.39 is 16.4 Å². The maximum absolute atomic E-state index is 12.6. The summed E-state index contributed by atoms with van der Waals surface area (Å²) in [4.78, 5) is 52.3. The zero-order valence-corrected chi connectivity index (χ0v) is 15.9. The van der Waals surface area contributed by atoms with E-state index in [0.717, 1.165) is 4.73 Å². The standard InChI is InChI=1S/C21H17N3O6/c1-14(25)16-6-3-7-17(12-16)22-20(26)19-9-4-10-23(21(19)27)30-13-15-5-2-8-18(11-15)24(28)29/h2-12H,13H2,1H3,(H,22,26). The maximum atomic E-state index is 12.6. The molecule has 152 valence electrons. The van der Waals surface area contributed by atoms with Gasteiger partial charge < -0.3 is 10.2 Å². The Morgan fingerprint density at radius 2 is 1.87 bits per heavy atom. The molecule has 0 saturated carbocycles. The highest BCUT2D eigenvalue weighted by Crippen LogP contribution is 2.14. The number of Topliss-reactive ketones (excluding diaryl/α,β-unsaturated/α-hetero) is 1. The van der Waals surface area contributed by atoms with Crippen LogP contribution in [0, 0.1) is 10.1 Å². The summed E-state index contributed by atoms with van der Waals surface area (Å²) in [5, 5.41) is 13.4. The Labute approximate surface area is 170 Å². The molecule has 0 atom stereocenters. The number of rotatable bonds is 7. The van der Waals surface area contributed by atoms with E-state index in [0.29, 0.717) is 16.8 Å². The number of carbonyl (C=O) groups is 2. The number of ketones is 1. The van der Waals surface area contributed by atoms with E-state index >= 15 is 0 Å². The summed E-state index contributed by atoms with van der Waals surface area (Å²) < 4.78 is 0.889. The van der Waals surface area contributed by atoms with Gasteiger partial charge in [0.1, 0.15) is 12.2 Å². The normalized spacial score (nSPS) is 10.3. The first-order valence-corrected chi connectivity index (χ1v) is 8.86. The van der Waals surface area contributed by atoms with Crippen LogP contribution in [0.1, 0.15) is 33.2 Å². The summed E-state index contributed by atoms with van der Waals surface area (Å²) in [5.74, 6) is -0.809. The van der Waals surface area contributed by atoms with Crippen molar-refractivity contribution in [1.29, 1.82) is 0 Å². The van der Waals surface area contributed by atoms with Crippen molar-refractivity contribution in [3.05, 3.63) is 104 Å². The van der Waals surface area contributed by atoms with Crippen LogP contribution in [-0.2, 0) is 6.61 Å². The number of nitrogens with one attached hydrogen (secondary N) is 1. The minimum absolute atomic E-state index is 0.0932. The van der Waals surface area contributed by atoms with Crippen LogP contribution in [0.4, 0.5) is 11.4 Å². The minimum Gasteiger partial charge on any atom is -0.406 e. The number of nitro groups is 1. The highest BCUT2D eigenvalue weighted by atomic mass is 16.7. The zero-order chi connectivity index (χ0) is 21.7. The molecule has 1 amide bonds. The van der Waals surface area contributed by atoms with E-state index in [1.165, 1.54) is 49.5 Å². The predicted molar refractivity (Wildman–Crippen MR) is 108 cm³/mol. The third-order valence-electron chi connectivity index (χ3n) is 4.18. The largest absolute Gasteiger partial charge is 0.406 e. The van der Waals surface area contributed by atoms with Crippen LogP contribution in [0.3, 0.4) is 0 Å². The first-order valence-electron chi connectivity index (χ1n) is 8.86. The number of hydrogen-bond acceptors (Lipinski definition) is 6. The maximum Gasteiger partial charge on any atom is 0.295 e. The fourth-order valence-corrected chi connectivity index (χ4v) is 2.67. The van der Waals surface area contributed by atoms with E-state index in [9.17, 15) is 24.5 Å². The predicted octanol–water partition coefficient (Wildman–Crippen LogP) is 2.84. The second kappa shape index (κ2) is 8.82. The summed E-state index contributed by atoms with van der Waals surface area (Å²) in [5.41, 5.74) is 0.350. The van der Waals surface area contributed by atoms with Crippen LogP contribution in [0.5, 0.6) is 0 Å². The van der Waals surface area contributed by atoms with Crippen molar-refractivity contribution in [1.82, 2.24) is 4.73 Å². The van der Waals surface area contributed by atoms with Crippen molar-refractivity contribution in [2.24, 2.45) is 0 Å². The molecule has 30 heavy (non-hydrogen) atoms. The molecule has 1 heterocycles. The molecule has 0 saturated heterocycles. The number of aromatic nitrogens is 1. The zero-order valence-electron chi connectivity index (χ0n) is 15.9. The average Bonchev–Trinajstić information content (AvgIpc) is 2.73. The van der Waals surface area contributed by atoms with Gasteiger partial charge in [-0.3, -0.25) is 24.5 Å². The van der Waals surface area contributed by atoms with Crippen LogP contribution < -0.4 is 15.7 Å². The smallest absolute Gasteiger partial charge is 0.295 e. The Balaban J connectivity index is 1.76. The van der Waals surface area contributed by atoms with Gasteiger partial charge in [-0.25, -0.2) is 0 Å².